The van der Waals surface area contributed by atoms with E-state index in [1.165, 1.54) is 0 Å². The molecule has 0 saturated carbocycles. The predicted octanol–water partition coefficient (Wildman–Crippen LogP) is 3.29. The minimum absolute atomic E-state index is 0.419. The third-order valence-electron chi connectivity index (χ3n) is 1.89. The summed E-state index contributed by atoms with van der Waals surface area (Å²) in [5.74, 6) is 0. The van der Waals surface area contributed by atoms with Gasteiger partial charge in [-0.15, -0.1) is 0 Å². The topological polar surface area (TPSA) is 32.9 Å². The third kappa shape index (κ3) is 1.23. The molecular formula is C9H5Cl2NO. The van der Waals surface area contributed by atoms with Gasteiger partial charge >= 0.3 is 0 Å². The molecule has 0 aliphatic rings. The number of aldehydes is 1. The van der Waals surface area contributed by atoms with Gasteiger partial charge in [0.1, 0.15) is 0 Å². The van der Waals surface area contributed by atoms with Crippen molar-refractivity contribution in [1.82, 2.24) is 4.98 Å². The van der Waals surface area contributed by atoms with Gasteiger partial charge < -0.3 is 4.98 Å². The number of H-pyrrole nitrogens is 1. The van der Waals surface area contributed by atoms with Crippen LogP contribution in [0.25, 0.3) is 10.9 Å². The highest BCUT2D eigenvalue weighted by Crippen LogP contribution is 2.31. The molecule has 1 heterocycles. The first-order chi connectivity index (χ1) is 6.24. The van der Waals surface area contributed by atoms with Crippen molar-refractivity contribution in [2.75, 3.05) is 0 Å². The van der Waals surface area contributed by atoms with Crippen LogP contribution in [0.3, 0.4) is 0 Å². The molecule has 2 nitrogen and oxygen atoms in total. The smallest absolute Gasteiger partial charge is 0.152 e. The van der Waals surface area contributed by atoms with Crippen molar-refractivity contribution in [3.8, 4) is 0 Å². The molecule has 0 unspecified atom stereocenters. The van der Waals surface area contributed by atoms with E-state index in [0.29, 0.717) is 21.0 Å². The van der Waals surface area contributed by atoms with Crippen molar-refractivity contribution >= 4 is 40.4 Å². The van der Waals surface area contributed by atoms with Gasteiger partial charge in [0.05, 0.1) is 10.0 Å². The summed E-state index contributed by atoms with van der Waals surface area (Å²) in [6.07, 6.45) is 2.36. The first kappa shape index (κ1) is 8.60. The zero-order chi connectivity index (χ0) is 9.42. The van der Waals surface area contributed by atoms with E-state index in [1.54, 1.807) is 18.3 Å². The molecule has 2 rings (SSSR count). The van der Waals surface area contributed by atoms with E-state index in [-0.39, 0.29) is 0 Å². The van der Waals surface area contributed by atoms with Crippen molar-refractivity contribution < 1.29 is 4.79 Å². The summed E-state index contributed by atoms with van der Waals surface area (Å²) in [5, 5.41) is 1.56. The van der Waals surface area contributed by atoms with Gasteiger partial charge in [0.2, 0.25) is 0 Å². The molecule has 1 N–H and O–H groups in total. The van der Waals surface area contributed by atoms with Crippen LogP contribution in [0.5, 0.6) is 0 Å². The highest BCUT2D eigenvalue weighted by molar-refractivity contribution is 6.45. The van der Waals surface area contributed by atoms with Crippen LogP contribution in [0.2, 0.25) is 10.0 Å². The molecule has 0 fully saturated rings. The highest BCUT2D eigenvalue weighted by atomic mass is 35.5. The minimum atomic E-state index is 0.419. The van der Waals surface area contributed by atoms with Crippen LogP contribution in [0, 0.1) is 0 Å². The summed E-state index contributed by atoms with van der Waals surface area (Å²) in [7, 11) is 0. The molecule has 0 aliphatic carbocycles. The number of benzene rings is 1. The maximum atomic E-state index is 10.6. The average Bonchev–Trinajstić information content (AvgIpc) is 2.55. The molecule has 13 heavy (non-hydrogen) atoms. The number of hydrogen-bond donors (Lipinski definition) is 1. The number of carbonyl (C=O) groups excluding carboxylic acids is 1. The second-order valence-electron chi connectivity index (χ2n) is 2.65. The fourth-order valence-corrected chi connectivity index (χ4v) is 1.71. The summed E-state index contributed by atoms with van der Waals surface area (Å²) < 4.78 is 0. The molecular weight excluding hydrogens is 209 g/mol. The summed E-state index contributed by atoms with van der Waals surface area (Å²) >= 11 is 11.8. The normalized spacial score (nSPS) is 10.6. The van der Waals surface area contributed by atoms with Crippen molar-refractivity contribution in [3.05, 3.63) is 33.9 Å². The minimum Gasteiger partial charge on any atom is -0.360 e. The lowest BCUT2D eigenvalue weighted by Gasteiger charge is -1.97. The molecule has 2 aromatic rings. The molecule has 0 aliphatic heterocycles. The first-order valence-electron chi connectivity index (χ1n) is 3.64. The second kappa shape index (κ2) is 3.05. The Kier molecular flexibility index (Phi) is 2.02. The van der Waals surface area contributed by atoms with Crippen LogP contribution >= 0.6 is 23.2 Å². The van der Waals surface area contributed by atoms with Crippen LogP contribution in [0.15, 0.2) is 18.3 Å². The van der Waals surface area contributed by atoms with Gasteiger partial charge in [-0.1, -0.05) is 23.2 Å². The SMILES string of the molecule is O=Cc1c[nH]c2ccc(Cl)c(Cl)c12. The average molecular weight is 214 g/mol. The van der Waals surface area contributed by atoms with Gasteiger partial charge in [0, 0.05) is 22.7 Å². The lowest BCUT2D eigenvalue weighted by atomic mass is 10.2. The molecule has 1 aromatic carbocycles. The second-order valence-corrected chi connectivity index (χ2v) is 3.43. The van der Waals surface area contributed by atoms with Gasteiger partial charge in [0.15, 0.2) is 6.29 Å². The number of rotatable bonds is 1. The van der Waals surface area contributed by atoms with Crippen LogP contribution < -0.4 is 0 Å². The maximum absolute atomic E-state index is 10.6. The summed E-state index contributed by atoms with van der Waals surface area (Å²) in [4.78, 5) is 13.6. The quantitative estimate of drug-likeness (QED) is 0.725. The molecule has 0 radical (unpaired) electrons. The molecule has 66 valence electrons. The fourth-order valence-electron chi connectivity index (χ4n) is 1.27. The molecule has 0 spiro atoms. The van der Waals surface area contributed by atoms with E-state index in [9.17, 15) is 4.79 Å². The van der Waals surface area contributed by atoms with Gasteiger partial charge in [-0.2, -0.15) is 0 Å². The van der Waals surface area contributed by atoms with E-state index in [4.69, 9.17) is 23.2 Å². The Labute approximate surface area is 84.5 Å². The van der Waals surface area contributed by atoms with Crippen molar-refractivity contribution in [3.63, 3.8) is 0 Å². The van der Waals surface area contributed by atoms with E-state index >= 15 is 0 Å². The molecule has 0 bridgehead atoms. The number of aromatic amines is 1. The monoisotopic (exact) mass is 213 g/mol. The Hall–Kier alpha value is -0.990. The Morgan fingerprint density at radius 1 is 1.31 bits per heavy atom. The van der Waals surface area contributed by atoms with Crippen LogP contribution in [-0.2, 0) is 0 Å². The van der Waals surface area contributed by atoms with E-state index in [0.717, 1.165) is 11.8 Å². The number of hydrogen-bond acceptors (Lipinski definition) is 1. The number of fused-ring (bicyclic) bond motifs is 1. The van der Waals surface area contributed by atoms with Crippen LogP contribution in [0.1, 0.15) is 10.4 Å². The Balaban J connectivity index is 2.93. The largest absolute Gasteiger partial charge is 0.360 e. The van der Waals surface area contributed by atoms with Gasteiger partial charge in [-0.3, -0.25) is 4.79 Å². The van der Waals surface area contributed by atoms with Gasteiger partial charge in [-0.25, -0.2) is 0 Å². The molecule has 4 heteroatoms. The Bertz CT molecular complexity index is 476. The fraction of sp³-hybridized carbons (Fsp3) is 0. The lowest BCUT2D eigenvalue weighted by molar-refractivity contribution is 0.112. The third-order valence-corrected chi connectivity index (χ3v) is 2.70. The van der Waals surface area contributed by atoms with Crippen LogP contribution in [-0.4, -0.2) is 11.3 Å². The Morgan fingerprint density at radius 2 is 2.08 bits per heavy atom. The van der Waals surface area contributed by atoms with E-state index < -0.39 is 0 Å². The van der Waals surface area contributed by atoms with Gasteiger partial charge in [0.25, 0.3) is 0 Å². The number of nitrogens with one attached hydrogen (secondary N) is 1. The maximum Gasteiger partial charge on any atom is 0.152 e. The first-order valence-corrected chi connectivity index (χ1v) is 4.40. The molecule has 0 amide bonds. The van der Waals surface area contributed by atoms with E-state index in [2.05, 4.69) is 4.98 Å². The zero-order valence-electron chi connectivity index (χ0n) is 6.47. The van der Waals surface area contributed by atoms with Crippen LogP contribution in [0.4, 0.5) is 0 Å². The van der Waals surface area contributed by atoms with Gasteiger partial charge in [-0.05, 0) is 12.1 Å². The lowest BCUT2D eigenvalue weighted by Crippen LogP contribution is -1.77. The number of halogens is 2. The zero-order valence-corrected chi connectivity index (χ0v) is 7.99. The molecule has 0 saturated heterocycles. The summed E-state index contributed by atoms with van der Waals surface area (Å²) in [5.41, 5.74) is 1.35. The Morgan fingerprint density at radius 3 is 2.77 bits per heavy atom. The van der Waals surface area contributed by atoms with E-state index in [1.807, 2.05) is 0 Å². The van der Waals surface area contributed by atoms with Crippen molar-refractivity contribution in [2.45, 2.75) is 0 Å². The predicted molar refractivity (Wildman–Crippen MR) is 53.7 cm³/mol. The summed E-state index contributed by atoms with van der Waals surface area (Å²) in [6, 6.07) is 3.48. The summed E-state index contributed by atoms with van der Waals surface area (Å²) in [6.45, 7) is 0. The molecule has 0 atom stereocenters. The number of carbonyl (C=O) groups is 1. The highest BCUT2D eigenvalue weighted by Gasteiger charge is 2.09. The molecule has 1 aromatic heterocycles. The van der Waals surface area contributed by atoms with Crippen molar-refractivity contribution in [2.24, 2.45) is 0 Å². The standard InChI is InChI=1S/C9H5Cl2NO/c10-6-1-2-7-8(9(6)11)5(4-13)3-12-7/h1-4,12H. The van der Waals surface area contributed by atoms with Crippen molar-refractivity contribution in [1.29, 1.82) is 0 Å². The number of aromatic nitrogens is 1.